The maximum atomic E-state index is 12.0. The van der Waals surface area contributed by atoms with Crippen LogP contribution in [0.2, 0.25) is 0 Å². The van der Waals surface area contributed by atoms with Crippen LogP contribution >= 0.6 is 0 Å². The number of nitrogens with one attached hydrogen (secondary N) is 2. The number of carbonyl (C=O) groups is 3. The second-order valence-electron chi connectivity index (χ2n) is 5.54. The van der Waals surface area contributed by atoms with Crippen molar-refractivity contribution in [1.82, 2.24) is 10.6 Å². The Labute approximate surface area is 150 Å². The molecule has 2 aromatic carbocycles. The molecule has 0 aromatic heterocycles. The SMILES string of the molecule is N#Cc1ccccc1C[C@@H](NC(=O)CNC(=O)c1ccccc1)C(N)=O. The highest BCUT2D eigenvalue weighted by atomic mass is 16.2. The van der Waals surface area contributed by atoms with Gasteiger partial charge in [0.25, 0.3) is 5.91 Å². The predicted octanol–water partition coefficient (Wildman–Crippen LogP) is 0.501. The number of benzene rings is 2. The molecule has 7 nitrogen and oxygen atoms in total. The Morgan fingerprint density at radius 2 is 1.69 bits per heavy atom. The minimum atomic E-state index is -0.981. The molecule has 4 N–H and O–H groups in total. The number of hydrogen-bond acceptors (Lipinski definition) is 4. The Morgan fingerprint density at radius 3 is 2.35 bits per heavy atom. The third-order valence-electron chi connectivity index (χ3n) is 3.69. The van der Waals surface area contributed by atoms with Crippen LogP contribution in [-0.4, -0.2) is 30.3 Å². The van der Waals surface area contributed by atoms with Gasteiger partial charge in [-0.05, 0) is 23.8 Å². The van der Waals surface area contributed by atoms with E-state index >= 15 is 0 Å². The lowest BCUT2D eigenvalue weighted by atomic mass is 10.0. The summed E-state index contributed by atoms with van der Waals surface area (Å²) >= 11 is 0. The van der Waals surface area contributed by atoms with Gasteiger partial charge in [0, 0.05) is 12.0 Å². The van der Waals surface area contributed by atoms with Crippen molar-refractivity contribution in [3.8, 4) is 6.07 Å². The smallest absolute Gasteiger partial charge is 0.251 e. The third kappa shape index (κ3) is 5.18. The van der Waals surface area contributed by atoms with E-state index in [1.54, 1.807) is 54.6 Å². The number of nitriles is 1. The first kappa shape index (κ1) is 18.7. The third-order valence-corrected chi connectivity index (χ3v) is 3.69. The molecule has 3 amide bonds. The molecule has 0 fully saturated rings. The van der Waals surface area contributed by atoms with E-state index in [2.05, 4.69) is 10.6 Å². The summed E-state index contributed by atoms with van der Waals surface area (Å²) in [5.41, 5.74) is 6.78. The average molecular weight is 350 g/mol. The lowest BCUT2D eigenvalue weighted by molar-refractivity contribution is -0.126. The first-order chi connectivity index (χ1) is 12.5. The summed E-state index contributed by atoms with van der Waals surface area (Å²) in [5, 5.41) is 14.1. The summed E-state index contributed by atoms with van der Waals surface area (Å²) in [4.78, 5) is 35.6. The molecule has 0 unspecified atom stereocenters. The van der Waals surface area contributed by atoms with Crippen molar-refractivity contribution in [3.63, 3.8) is 0 Å². The fourth-order valence-electron chi connectivity index (χ4n) is 2.35. The van der Waals surface area contributed by atoms with Crippen molar-refractivity contribution < 1.29 is 14.4 Å². The predicted molar refractivity (Wildman–Crippen MR) is 94.8 cm³/mol. The van der Waals surface area contributed by atoms with E-state index in [0.717, 1.165) is 0 Å². The van der Waals surface area contributed by atoms with Gasteiger partial charge in [0.2, 0.25) is 11.8 Å². The molecule has 0 spiro atoms. The zero-order valence-corrected chi connectivity index (χ0v) is 13.9. The van der Waals surface area contributed by atoms with Crippen LogP contribution in [-0.2, 0) is 16.0 Å². The lowest BCUT2D eigenvalue weighted by Gasteiger charge is -2.16. The summed E-state index contributed by atoms with van der Waals surface area (Å²) in [6, 6.07) is 16.3. The molecule has 0 heterocycles. The molecular weight excluding hydrogens is 332 g/mol. The normalized spacial score (nSPS) is 11.0. The molecule has 2 aromatic rings. The Hall–Kier alpha value is -3.66. The highest BCUT2D eigenvalue weighted by Gasteiger charge is 2.20. The van der Waals surface area contributed by atoms with Crippen LogP contribution in [0.3, 0.4) is 0 Å². The van der Waals surface area contributed by atoms with E-state index in [1.807, 2.05) is 6.07 Å². The molecule has 0 radical (unpaired) electrons. The molecule has 26 heavy (non-hydrogen) atoms. The molecule has 0 saturated heterocycles. The van der Waals surface area contributed by atoms with E-state index in [4.69, 9.17) is 11.0 Å². The monoisotopic (exact) mass is 350 g/mol. The highest BCUT2D eigenvalue weighted by Crippen LogP contribution is 2.10. The van der Waals surface area contributed by atoms with Gasteiger partial charge in [-0.3, -0.25) is 14.4 Å². The van der Waals surface area contributed by atoms with E-state index in [-0.39, 0.29) is 13.0 Å². The number of carbonyl (C=O) groups excluding carboxylic acids is 3. The lowest BCUT2D eigenvalue weighted by Crippen LogP contribution is -2.49. The Bertz CT molecular complexity index is 843. The van der Waals surface area contributed by atoms with Gasteiger partial charge >= 0.3 is 0 Å². The van der Waals surface area contributed by atoms with Gasteiger partial charge in [-0.15, -0.1) is 0 Å². The zero-order chi connectivity index (χ0) is 18.9. The number of nitrogens with zero attached hydrogens (tertiary/aromatic N) is 1. The Balaban J connectivity index is 1.95. The van der Waals surface area contributed by atoms with Crippen molar-refractivity contribution >= 4 is 17.7 Å². The van der Waals surface area contributed by atoms with Crippen LogP contribution in [0, 0.1) is 11.3 Å². The van der Waals surface area contributed by atoms with E-state index < -0.39 is 23.8 Å². The van der Waals surface area contributed by atoms with Crippen molar-refractivity contribution in [1.29, 1.82) is 5.26 Å². The number of amides is 3. The summed E-state index contributed by atoms with van der Waals surface area (Å²) in [6.45, 7) is -0.294. The quantitative estimate of drug-likeness (QED) is 0.672. The first-order valence-electron chi connectivity index (χ1n) is 7.91. The maximum Gasteiger partial charge on any atom is 0.251 e. The number of primary amides is 1. The van der Waals surface area contributed by atoms with Crippen molar-refractivity contribution in [2.24, 2.45) is 5.73 Å². The molecule has 7 heteroatoms. The Morgan fingerprint density at radius 1 is 1.04 bits per heavy atom. The first-order valence-corrected chi connectivity index (χ1v) is 7.91. The van der Waals surface area contributed by atoms with Crippen LogP contribution < -0.4 is 16.4 Å². The summed E-state index contributed by atoms with van der Waals surface area (Å²) in [5.74, 6) is -1.67. The molecule has 132 valence electrons. The molecule has 0 aliphatic rings. The van der Waals surface area contributed by atoms with Crippen LogP contribution in [0.15, 0.2) is 54.6 Å². The minimum absolute atomic E-state index is 0.0947. The topological polar surface area (TPSA) is 125 Å². The van der Waals surface area contributed by atoms with E-state index in [1.165, 1.54) is 0 Å². The van der Waals surface area contributed by atoms with Crippen molar-refractivity contribution in [2.75, 3.05) is 6.54 Å². The van der Waals surface area contributed by atoms with Gasteiger partial charge in [0.15, 0.2) is 0 Å². The van der Waals surface area contributed by atoms with Crippen LogP contribution in [0.25, 0.3) is 0 Å². The van der Waals surface area contributed by atoms with Gasteiger partial charge in [-0.2, -0.15) is 5.26 Å². The van der Waals surface area contributed by atoms with E-state index in [9.17, 15) is 14.4 Å². The van der Waals surface area contributed by atoms with Crippen molar-refractivity contribution in [2.45, 2.75) is 12.5 Å². The van der Waals surface area contributed by atoms with Crippen LogP contribution in [0.5, 0.6) is 0 Å². The van der Waals surface area contributed by atoms with Gasteiger partial charge < -0.3 is 16.4 Å². The second kappa shape index (κ2) is 8.99. The molecule has 0 aliphatic heterocycles. The number of nitrogens with two attached hydrogens (primary N) is 1. The highest BCUT2D eigenvalue weighted by molar-refractivity contribution is 5.97. The van der Waals surface area contributed by atoms with Gasteiger partial charge in [-0.25, -0.2) is 0 Å². The summed E-state index contributed by atoms with van der Waals surface area (Å²) in [7, 11) is 0. The number of rotatable bonds is 7. The zero-order valence-electron chi connectivity index (χ0n) is 13.9. The molecule has 1 atom stereocenters. The standard InChI is InChI=1S/C19H18N4O3/c20-11-15-9-5-4-8-14(15)10-16(18(21)25)23-17(24)12-22-19(26)13-6-2-1-3-7-13/h1-9,16H,10,12H2,(H2,21,25)(H,22,26)(H,23,24)/t16-/m1/s1. The molecule has 0 aliphatic carbocycles. The Kier molecular flexibility index (Phi) is 6.46. The molecule has 0 saturated carbocycles. The maximum absolute atomic E-state index is 12.0. The molecular formula is C19H18N4O3. The number of hydrogen-bond donors (Lipinski definition) is 3. The van der Waals surface area contributed by atoms with Crippen LogP contribution in [0.1, 0.15) is 21.5 Å². The van der Waals surface area contributed by atoms with Gasteiger partial charge in [0.05, 0.1) is 18.2 Å². The summed E-state index contributed by atoms with van der Waals surface area (Å²) < 4.78 is 0. The molecule has 2 rings (SSSR count). The fourth-order valence-corrected chi connectivity index (χ4v) is 2.35. The fraction of sp³-hybridized carbons (Fsp3) is 0.158. The second-order valence-corrected chi connectivity index (χ2v) is 5.54. The van der Waals surface area contributed by atoms with Gasteiger partial charge in [-0.1, -0.05) is 36.4 Å². The van der Waals surface area contributed by atoms with Crippen molar-refractivity contribution in [3.05, 3.63) is 71.3 Å². The van der Waals surface area contributed by atoms with Gasteiger partial charge in [0.1, 0.15) is 6.04 Å². The van der Waals surface area contributed by atoms with Crippen LogP contribution in [0.4, 0.5) is 0 Å². The van der Waals surface area contributed by atoms with E-state index in [0.29, 0.717) is 16.7 Å². The largest absolute Gasteiger partial charge is 0.368 e. The average Bonchev–Trinajstić information content (AvgIpc) is 2.66. The minimum Gasteiger partial charge on any atom is -0.368 e. The summed E-state index contributed by atoms with van der Waals surface area (Å²) in [6.07, 6.45) is 0.0947. The molecule has 0 bridgehead atoms.